The summed E-state index contributed by atoms with van der Waals surface area (Å²) in [6, 6.07) is 11.9. The van der Waals surface area contributed by atoms with E-state index in [-0.39, 0.29) is 5.69 Å². The SMILES string of the molecule is Cc1ccc(C(=O)NC(=O)c2ccccn2)cc1. The molecule has 1 aromatic carbocycles. The summed E-state index contributed by atoms with van der Waals surface area (Å²) in [6.07, 6.45) is 1.51. The maximum absolute atomic E-state index is 11.8. The van der Waals surface area contributed by atoms with E-state index >= 15 is 0 Å². The molecule has 2 aromatic rings. The zero-order valence-electron chi connectivity index (χ0n) is 9.88. The summed E-state index contributed by atoms with van der Waals surface area (Å²) in [5.74, 6) is -0.924. The Labute approximate surface area is 105 Å². The maximum Gasteiger partial charge on any atom is 0.276 e. The lowest BCUT2D eigenvalue weighted by molar-refractivity contribution is 0.0846. The summed E-state index contributed by atoms with van der Waals surface area (Å²) in [7, 11) is 0. The number of hydrogen-bond acceptors (Lipinski definition) is 3. The Morgan fingerprint density at radius 2 is 1.72 bits per heavy atom. The minimum absolute atomic E-state index is 0.220. The first-order valence-corrected chi connectivity index (χ1v) is 5.50. The van der Waals surface area contributed by atoms with Crippen LogP contribution in [0.5, 0.6) is 0 Å². The molecule has 18 heavy (non-hydrogen) atoms. The van der Waals surface area contributed by atoms with Crippen LogP contribution in [0.15, 0.2) is 48.7 Å². The minimum atomic E-state index is -0.499. The number of hydrogen-bond donors (Lipinski definition) is 1. The van der Waals surface area contributed by atoms with Crippen molar-refractivity contribution in [2.45, 2.75) is 6.92 Å². The van der Waals surface area contributed by atoms with Crippen LogP contribution in [0.3, 0.4) is 0 Å². The summed E-state index contributed by atoms with van der Waals surface area (Å²) in [5.41, 5.74) is 1.73. The fraction of sp³-hybridized carbons (Fsp3) is 0.0714. The van der Waals surface area contributed by atoms with Gasteiger partial charge in [0.2, 0.25) is 0 Å². The van der Waals surface area contributed by atoms with Gasteiger partial charge in [-0.25, -0.2) is 0 Å². The van der Waals surface area contributed by atoms with Crippen LogP contribution >= 0.6 is 0 Å². The van der Waals surface area contributed by atoms with Gasteiger partial charge in [-0.1, -0.05) is 23.8 Å². The average molecular weight is 240 g/mol. The largest absolute Gasteiger partial charge is 0.287 e. The van der Waals surface area contributed by atoms with Crippen molar-refractivity contribution in [3.63, 3.8) is 0 Å². The van der Waals surface area contributed by atoms with Crippen molar-refractivity contribution in [3.8, 4) is 0 Å². The standard InChI is InChI=1S/C14H12N2O2/c1-10-5-7-11(8-6-10)13(17)16-14(18)12-4-2-3-9-15-12/h2-9H,1H3,(H,16,17,18). The molecule has 0 radical (unpaired) electrons. The Hall–Kier alpha value is -2.49. The summed E-state index contributed by atoms with van der Waals surface area (Å²) in [4.78, 5) is 27.4. The summed E-state index contributed by atoms with van der Waals surface area (Å²) in [5, 5.41) is 2.29. The highest BCUT2D eigenvalue weighted by atomic mass is 16.2. The Morgan fingerprint density at radius 1 is 1.00 bits per heavy atom. The maximum atomic E-state index is 11.8. The highest BCUT2D eigenvalue weighted by Crippen LogP contribution is 2.03. The molecule has 1 heterocycles. The van der Waals surface area contributed by atoms with E-state index in [1.807, 2.05) is 19.1 Å². The molecule has 0 spiro atoms. The molecule has 0 aliphatic heterocycles. The van der Waals surface area contributed by atoms with Gasteiger partial charge in [0.1, 0.15) is 5.69 Å². The third-order valence-corrected chi connectivity index (χ3v) is 2.44. The first-order valence-electron chi connectivity index (χ1n) is 5.50. The molecule has 0 fully saturated rings. The van der Waals surface area contributed by atoms with Crippen molar-refractivity contribution in [2.75, 3.05) is 0 Å². The van der Waals surface area contributed by atoms with Crippen molar-refractivity contribution in [1.29, 1.82) is 0 Å². The van der Waals surface area contributed by atoms with Crippen LogP contribution in [-0.2, 0) is 0 Å². The molecule has 0 bridgehead atoms. The van der Waals surface area contributed by atoms with E-state index in [4.69, 9.17) is 0 Å². The molecule has 0 saturated carbocycles. The van der Waals surface area contributed by atoms with Crippen molar-refractivity contribution in [3.05, 3.63) is 65.5 Å². The number of aromatic nitrogens is 1. The zero-order chi connectivity index (χ0) is 13.0. The number of nitrogens with one attached hydrogen (secondary N) is 1. The van der Waals surface area contributed by atoms with E-state index in [9.17, 15) is 9.59 Å². The number of carbonyl (C=O) groups excluding carboxylic acids is 2. The van der Waals surface area contributed by atoms with Gasteiger partial charge >= 0.3 is 0 Å². The van der Waals surface area contributed by atoms with Gasteiger partial charge in [-0.15, -0.1) is 0 Å². The molecule has 0 aliphatic carbocycles. The molecule has 1 N–H and O–H groups in total. The first kappa shape index (κ1) is 12.0. The Balaban J connectivity index is 2.08. The number of pyridine rings is 1. The topological polar surface area (TPSA) is 59.1 Å². The fourth-order valence-electron chi connectivity index (χ4n) is 1.44. The molecule has 0 aliphatic rings. The molecule has 2 rings (SSSR count). The van der Waals surface area contributed by atoms with E-state index in [2.05, 4.69) is 10.3 Å². The molecular formula is C14H12N2O2. The second-order valence-corrected chi connectivity index (χ2v) is 3.86. The predicted octanol–water partition coefficient (Wildman–Crippen LogP) is 1.96. The Kier molecular flexibility index (Phi) is 3.48. The lowest BCUT2D eigenvalue weighted by atomic mass is 10.1. The van der Waals surface area contributed by atoms with Crippen molar-refractivity contribution in [2.24, 2.45) is 0 Å². The van der Waals surface area contributed by atoms with Crippen LogP contribution in [0, 0.1) is 6.92 Å². The van der Waals surface area contributed by atoms with E-state index in [1.165, 1.54) is 6.20 Å². The molecule has 2 amide bonds. The monoisotopic (exact) mass is 240 g/mol. The van der Waals surface area contributed by atoms with Gasteiger partial charge in [0, 0.05) is 11.8 Å². The first-order chi connectivity index (χ1) is 8.66. The minimum Gasteiger partial charge on any atom is -0.287 e. The smallest absolute Gasteiger partial charge is 0.276 e. The van der Waals surface area contributed by atoms with Crippen molar-refractivity contribution in [1.82, 2.24) is 10.3 Å². The average Bonchev–Trinajstić information content (AvgIpc) is 2.40. The number of benzene rings is 1. The third-order valence-electron chi connectivity index (χ3n) is 2.44. The van der Waals surface area contributed by atoms with Crippen LogP contribution in [0.2, 0.25) is 0 Å². The van der Waals surface area contributed by atoms with Crippen LogP contribution in [0.25, 0.3) is 0 Å². The number of nitrogens with zero attached hydrogens (tertiary/aromatic N) is 1. The summed E-state index contributed by atoms with van der Waals surface area (Å²) < 4.78 is 0. The number of rotatable bonds is 2. The van der Waals surface area contributed by atoms with Crippen LogP contribution in [0.4, 0.5) is 0 Å². The predicted molar refractivity (Wildman–Crippen MR) is 67.2 cm³/mol. The molecule has 4 heteroatoms. The molecule has 0 saturated heterocycles. The number of carbonyl (C=O) groups is 2. The van der Waals surface area contributed by atoms with E-state index < -0.39 is 11.8 Å². The van der Waals surface area contributed by atoms with E-state index in [0.717, 1.165) is 5.56 Å². The quantitative estimate of drug-likeness (QED) is 0.816. The lowest BCUT2D eigenvalue weighted by Gasteiger charge is -2.03. The van der Waals surface area contributed by atoms with Gasteiger partial charge in [-0.05, 0) is 31.2 Å². The molecule has 0 unspecified atom stereocenters. The molecule has 0 atom stereocenters. The second-order valence-electron chi connectivity index (χ2n) is 3.86. The van der Waals surface area contributed by atoms with Crippen molar-refractivity contribution >= 4 is 11.8 Å². The lowest BCUT2D eigenvalue weighted by Crippen LogP contribution is -2.30. The summed E-state index contributed by atoms with van der Waals surface area (Å²) in [6.45, 7) is 1.93. The Morgan fingerprint density at radius 3 is 2.33 bits per heavy atom. The van der Waals surface area contributed by atoms with Gasteiger partial charge in [0.15, 0.2) is 0 Å². The van der Waals surface area contributed by atoms with Crippen molar-refractivity contribution < 1.29 is 9.59 Å². The number of imide groups is 1. The molecule has 4 nitrogen and oxygen atoms in total. The van der Waals surface area contributed by atoms with E-state index in [1.54, 1.807) is 30.3 Å². The number of aryl methyl sites for hydroxylation is 1. The van der Waals surface area contributed by atoms with Gasteiger partial charge < -0.3 is 0 Å². The van der Waals surface area contributed by atoms with E-state index in [0.29, 0.717) is 5.56 Å². The second kappa shape index (κ2) is 5.23. The Bertz CT molecular complexity index is 562. The summed E-state index contributed by atoms with van der Waals surface area (Å²) >= 11 is 0. The van der Waals surface area contributed by atoms with Gasteiger partial charge in [-0.3, -0.25) is 19.9 Å². The zero-order valence-corrected chi connectivity index (χ0v) is 9.88. The molecule has 1 aromatic heterocycles. The van der Waals surface area contributed by atoms with Crippen LogP contribution < -0.4 is 5.32 Å². The normalized spacial score (nSPS) is 9.83. The third kappa shape index (κ3) is 2.79. The van der Waals surface area contributed by atoms with Crippen LogP contribution in [0.1, 0.15) is 26.4 Å². The highest BCUT2D eigenvalue weighted by molar-refractivity contribution is 6.09. The van der Waals surface area contributed by atoms with Gasteiger partial charge in [0.05, 0.1) is 0 Å². The highest BCUT2D eigenvalue weighted by Gasteiger charge is 2.12. The number of amides is 2. The van der Waals surface area contributed by atoms with Crippen LogP contribution in [-0.4, -0.2) is 16.8 Å². The molecule has 90 valence electrons. The fourth-order valence-corrected chi connectivity index (χ4v) is 1.44. The van der Waals surface area contributed by atoms with Gasteiger partial charge in [0.25, 0.3) is 11.8 Å². The molecular weight excluding hydrogens is 228 g/mol. The van der Waals surface area contributed by atoms with Gasteiger partial charge in [-0.2, -0.15) is 0 Å².